The second-order valence-electron chi connectivity index (χ2n) is 7.10. The summed E-state index contributed by atoms with van der Waals surface area (Å²) in [5, 5.41) is 14.1. The zero-order valence-electron chi connectivity index (χ0n) is 14.1. The zero-order valence-corrected chi connectivity index (χ0v) is 14.1. The van der Waals surface area contributed by atoms with E-state index in [1.807, 2.05) is 11.6 Å². The second-order valence-corrected chi connectivity index (χ2v) is 7.10. The van der Waals surface area contributed by atoms with Gasteiger partial charge < -0.3 is 5.73 Å². The van der Waals surface area contributed by atoms with Crippen LogP contribution >= 0.6 is 0 Å². The minimum atomic E-state index is -0.554. The van der Waals surface area contributed by atoms with E-state index in [-0.39, 0.29) is 17.8 Å². The second kappa shape index (κ2) is 5.45. The molecular weight excluding hydrogens is 318 g/mol. The quantitative estimate of drug-likeness (QED) is 0.874. The molecule has 0 radical (unpaired) electrons. The van der Waals surface area contributed by atoms with E-state index in [0.29, 0.717) is 41.7 Å². The van der Waals surface area contributed by atoms with Crippen molar-refractivity contribution in [2.75, 3.05) is 0 Å². The summed E-state index contributed by atoms with van der Waals surface area (Å²) < 4.78 is 15.7. The lowest BCUT2D eigenvalue weighted by molar-refractivity contribution is 0.1000. The van der Waals surface area contributed by atoms with Crippen LogP contribution in [0.5, 0.6) is 0 Å². The first-order valence-electron chi connectivity index (χ1n) is 8.57. The van der Waals surface area contributed by atoms with Crippen molar-refractivity contribution in [3.63, 3.8) is 0 Å². The van der Waals surface area contributed by atoms with E-state index in [4.69, 9.17) is 5.73 Å². The Morgan fingerprint density at radius 3 is 2.88 bits per heavy atom. The molecule has 1 aliphatic carbocycles. The third kappa shape index (κ3) is 2.36. The molecule has 0 unspecified atom stereocenters. The molecule has 0 saturated heterocycles. The van der Waals surface area contributed by atoms with Gasteiger partial charge in [-0.25, -0.2) is 9.65 Å². The number of fused-ring (bicyclic) bond motifs is 1. The van der Waals surface area contributed by atoms with Gasteiger partial charge in [-0.2, -0.15) is 5.10 Å². The summed E-state index contributed by atoms with van der Waals surface area (Å²) in [5.41, 5.74) is 8.49. The average molecular weight is 336 g/mol. The number of carbonyl (C=O) groups excluding carboxylic acids is 1. The lowest BCUT2D eigenvalue weighted by Gasteiger charge is -2.25. The number of nitrogens with zero attached hydrogens (tertiary/aromatic N) is 3. The van der Waals surface area contributed by atoms with Crippen LogP contribution in [0.25, 0.3) is 11.3 Å². The van der Waals surface area contributed by atoms with Gasteiger partial charge in [0.15, 0.2) is 0 Å². The maximum atomic E-state index is 13.8. The molecule has 1 aliphatic heterocycles. The van der Waals surface area contributed by atoms with Crippen LogP contribution in [0.2, 0.25) is 5.31 Å². The van der Waals surface area contributed by atoms with E-state index in [1.165, 1.54) is 6.07 Å². The van der Waals surface area contributed by atoms with Crippen molar-refractivity contribution in [3.05, 3.63) is 40.8 Å². The summed E-state index contributed by atoms with van der Waals surface area (Å²) in [6.45, 7) is 2.41. The van der Waals surface area contributed by atoms with Gasteiger partial charge in [-0.1, -0.05) is 19.8 Å². The van der Waals surface area contributed by atoms with Crippen LogP contribution in [0.15, 0.2) is 18.2 Å². The van der Waals surface area contributed by atoms with Crippen LogP contribution in [0.4, 0.5) is 4.39 Å². The number of carbonyl (C=O) groups is 1. The fraction of sp³-hybridized carbons (Fsp3) is 0.389. The van der Waals surface area contributed by atoms with Gasteiger partial charge in [0, 0.05) is 23.8 Å². The fourth-order valence-electron chi connectivity index (χ4n) is 3.96. The van der Waals surface area contributed by atoms with Crippen molar-refractivity contribution in [3.8, 4) is 17.2 Å². The molecule has 0 bridgehead atoms. The molecule has 2 heterocycles. The highest BCUT2D eigenvalue weighted by Crippen LogP contribution is 2.59. The summed E-state index contributed by atoms with van der Waals surface area (Å²) in [6, 6.07) is 4.76. The number of hydrogen-bond donors (Lipinski definition) is 1. The Hall–Kier alpha value is -2.62. The van der Waals surface area contributed by atoms with Gasteiger partial charge in [-0.3, -0.25) is 9.48 Å². The molecule has 1 aromatic carbocycles. The van der Waals surface area contributed by atoms with Crippen LogP contribution in [0.3, 0.4) is 0 Å². The van der Waals surface area contributed by atoms with E-state index in [9.17, 15) is 14.4 Å². The number of halogens is 1. The molecule has 1 aromatic heterocycles. The molecule has 0 atom stereocenters. The highest BCUT2D eigenvalue weighted by molar-refractivity contribution is 6.70. The van der Waals surface area contributed by atoms with Crippen molar-refractivity contribution in [1.29, 1.82) is 5.26 Å². The maximum Gasteiger partial charge on any atom is 0.281 e. The molecule has 1 amide bonds. The number of nitriles is 1. The Morgan fingerprint density at radius 1 is 1.52 bits per heavy atom. The van der Waals surface area contributed by atoms with Crippen molar-refractivity contribution < 1.29 is 9.18 Å². The van der Waals surface area contributed by atoms with E-state index in [2.05, 4.69) is 11.1 Å². The Kier molecular flexibility index (Phi) is 3.46. The third-order valence-electron chi connectivity index (χ3n) is 5.65. The van der Waals surface area contributed by atoms with Crippen LogP contribution < -0.4 is 5.73 Å². The fourth-order valence-corrected chi connectivity index (χ4v) is 3.96. The minimum Gasteiger partial charge on any atom is -0.365 e. The number of nitrogens with two attached hydrogens (primary N) is 1. The molecule has 1 saturated carbocycles. The first-order valence-corrected chi connectivity index (χ1v) is 8.57. The number of amides is 1. The Balaban J connectivity index is 1.87. The highest BCUT2D eigenvalue weighted by Gasteiger charge is 2.56. The number of benzene rings is 1. The topological polar surface area (TPSA) is 84.7 Å². The van der Waals surface area contributed by atoms with Gasteiger partial charge in [-0.15, -0.1) is 0 Å². The Morgan fingerprint density at radius 2 is 2.28 bits per heavy atom. The van der Waals surface area contributed by atoms with Crippen molar-refractivity contribution in [1.82, 2.24) is 9.78 Å². The van der Waals surface area contributed by atoms with Crippen LogP contribution in [0, 0.1) is 17.0 Å². The number of primary amides is 1. The smallest absolute Gasteiger partial charge is 0.281 e. The lowest BCUT2D eigenvalue weighted by atomic mass is 9.36. The van der Waals surface area contributed by atoms with Crippen molar-refractivity contribution >= 4 is 12.6 Å². The van der Waals surface area contributed by atoms with Gasteiger partial charge in [0.25, 0.3) is 12.6 Å². The molecule has 126 valence electrons. The maximum absolute atomic E-state index is 13.8. The summed E-state index contributed by atoms with van der Waals surface area (Å²) in [7, 11) is 0. The SMILES string of the molecule is CCc1cc(-c2nn3c(c2C(N)=O)CB(C#N)C2(CC2)C3)ccc1F. The normalized spacial score (nSPS) is 17.2. The largest absolute Gasteiger partial charge is 0.365 e. The number of aromatic nitrogens is 2. The van der Waals surface area contributed by atoms with Gasteiger partial charge in [0.1, 0.15) is 11.5 Å². The summed E-state index contributed by atoms with van der Waals surface area (Å²) >= 11 is 0. The van der Waals surface area contributed by atoms with Crippen LogP contribution in [-0.4, -0.2) is 22.4 Å². The monoisotopic (exact) mass is 336 g/mol. The molecule has 7 heteroatoms. The van der Waals surface area contributed by atoms with E-state index < -0.39 is 5.91 Å². The standard InChI is InChI=1S/C18H18BFN4O/c1-2-11-7-12(3-4-13(11)20)16-15(17(22)25)14-8-19(10-21)18(5-6-18)9-24(14)23-16/h3-4,7H,2,5-6,8-9H2,1H3,(H2,22,25). The van der Waals surface area contributed by atoms with Crippen molar-refractivity contribution in [2.45, 2.75) is 44.4 Å². The van der Waals surface area contributed by atoms with Crippen LogP contribution in [-0.2, 0) is 19.3 Å². The summed E-state index contributed by atoms with van der Waals surface area (Å²) in [6.07, 6.45) is 3.08. The first-order chi connectivity index (χ1) is 12.0. The molecule has 25 heavy (non-hydrogen) atoms. The van der Waals surface area contributed by atoms with Crippen LogP contribution in [0.1, 0.15) is 41.4 Å². The van der Waals surface area contributed by atoms with Gasteiger partial charge in [0.2, 0.25) is 0 Å². The number of aryl methyl sites for hydroxylation is 1. The predicted octanol–water partition coefficient (Wildman–Crippen LogP) is 2.54. The molecule has 1 fully saturated rings. The van der Waals surface area contributed by atoms with Gasteiger partial charge >= 0.3 is 0 Å². The minimum absolute atomic E-state index is 0.00265. The van der Waals surface area contributed by atoms with Gasteiger partial charge in [-0.05, 0) is 41.8 Å². The molecule has 4 rings (SSSR count). The van der Waals surface area contributed by atoms with Crippen molar-refractivity contribution in [2.24, 2.45) is 5.73 Å². The van der Waals surface area contributed by atoms with E-state index in [1.54, 1.807) is 12.1 Å². The molecular formula is C18H18BFN4O. The lowest BCUT2D eigenvalue weighted by Crippen LogP contribution is -2.35. The highest BCUT2D eigenvalue weighted by atomic mass is 19.1. The number of rotatable bonds is 3. The molecule has 2 N–H and O–H groups in total. The Labute approximate surface area is 145 Å². The summed E-state index contributed by atoms with van der Waals surface area (Å²) in [5.74, 6) is 1.58. The van der Waals surface area contributed by atoms with E-state index >= 15 is 0 Å². The predicted molar refractivity (Wildman–Crippen MR) is 92.5 cm³/mol. The van der Waals surface area contributed by atoms with E-state index in [0.717, 1.165) is 18.5 Å². The molecule has 2 aromatic rings. The summed E-state index contributed by atoms with van der Waals surface area (Å²) in [4.78, 5) is 12.1. The van der Waals surface area contributed by atoms with Gasteiger partial charge in [0.05, 0.1) is 5.56 Å². The molecule has 2 aliphatic rings. The molecule has 1 spiro atoms. The zero-order chi connectivity index (χ0) is 17.8. The first kappa shape index (κ1) is 15.9. The third-order valence-corrected chi connectivity index (χ3v) is 5.65. The number of hydrogen-bond acceptors (Lipinski definition) is 3. The Bertz CT molecular complexity index is 926. The average Bonchev–Trinajstić information content (AvgIpc) is 3.25. The molecule has 5 nitrogen and oxygen atoms in total.